The Balaban J connectivity index is 2.03. The molecular weight excluding hydrogens is 252 g/mol. The van der Waals surface area contributed by atoms with Gasteiger partial charge in [-0.2, -0.15) is 0 Å². The van der Waals surface area contributed by atoms with Crippen molar-refractivity contribution in [3.05, 3.63) is 29.3 Å². The lowest BCUT2D eigenvalue weighted by Gasteiger charge is -2.30. The lowest BCUT2D eigenvalue weighted by Crippen LogP contribution is -2.35. The van der Waals surface area contributed by atoms with E-state index in [9.17, 15) is 4.79 Å². The number of benzene rings is 1. The smallest absolute Gasteiger partial charge is 0.339 e. The van der Waals surface area contributed by atoms with Gasteiger partial charge in [0.1, 0.15) is 0 Å². The Bertz CT molecular complexity index is 474. The van der Waals surface area contributed by atoms with E-state index in [-0.39, 0.29) is 5.97 Å². The van der Waals surface area contributed by atoms with Gasteiger partial charge < -0.3 is 15.0 Å². The van der Waals surface area contributed by atoms with E-state index in [1.54, 1.807) is 0 Å². The monoisotopic (exact) mass is 276 g/mol. The molecule has 4 nitrogen and oxygen atoms in total. The van der Waals surface area contributed by atoms with Crippen molar-refractivity contribution in [3.63, 3.8) is 0 Å². The standard InChI is InChI=1S/C16H24N2O2/c1-12-6-7-15(14(9-12)16(19)20-3)17-10-13-5-4-8-18(2)11-13/h6-7,9,13,17H,4-5,8,10-11H2,1-3H3. The molecule has 0 bridgehead atoms. The van der Waals surface area contributed by atoms with Crippen LogP contribution in [-0.4, -0.2) is 44.7 Å². The molecule has 1 saturated heterocycles. The number of anilines is 1. The lowest BCUT2D eigenvalue weighted by atomic mass is 9.98. The average Bonchev–Trinajstić information content (AvgIpc) is 2.45. The first-order chi connectivity index (χ1) is 9.60. The Morgan fingerprint density at radius 1 is 1.50 bits per heavy atom. The van der Waals surface area contributed by atoms with Gasteiger partial charge in [-0.3, -0.25) is 0 Å². The van der Waals surface area contributed by atoms with Crippen LogP contribution in [0.4, 0.5) is 5.69 Å². The van der Waals surface area contributed by atoms with Crippen molar-refractivity contribution in [2.75, 3.05) is 39.1 Å². The first kappa shape index (κ1) is 14.9. The molecule has 1 N–H and O–H groups in total. The summed E-state index contributed by atoms with van der Waals surface area (Å²) in [6, 6.07) is 5.86. The maximum atomic E-state index is 11.8. The number of carbonyl (C=O) groups is 1. The molecule has 110 valence electrons. The van der Waals surface area contributed by atoms with Crippen LogP contribution < -0.4 is 5.32 Å². The van der Waals surface area contributed by atoms with Crippen molar-refractivity contribution in [2.24, 2.45) is 5.92 Å². The average molecular weight is 276 g/mol. The minimum atomic E-state index is -0.281. The van der Waals surface area contributed by atoms with Crippen LogP contribution in [0.2, 0.25) is 0 Å². The van der Waals surface area contributed by atoms with Crippen molar-refractivity contribution in [2.45, 2.75) is 19.8 Å². The van der Waals surface area contributed by atoms with Crippen molar-refractivity contribution < 1.29 is 9.53 Å². The molecule has 1 aromatic rings. The summed E-state index contributed by atoms with van der Waals surface area (Å²) in [7, 11) is 3.59. The SMILES string of the molecule is COC(=O)c1cc(C)ccc1NCC1CCCN(C)C1. The Kier molecular flexibility index (Phi) is 5.01. The van der Waals surface area contributed by atoms with Gasteiger partial charge in [-0.15, -0.1) is 0 Å². The van der Waals surface area contributed by atoms with Crippen LogP contribution >= 0.6 is 0 Å². The van der Waals surface area contributed by atoms with Gasteiger partial charge in [0.2, 0.25) is 0 Å². The molecule has 0 aromatic heterocycles. The fourth-order valence-corrected chi connectivity index (χ4v) is 2.79. The van der Waals surface area contributed by atoms with E-state index in [2.05, 4.69) is 17.3 Å². The molecule has 0 saturated carbocycles. The third kappa shape index (κ3) is 3.73. The van der Waals surface area contributed by atoms with E-state index in [4.69, 9.17) is 4.74 Å². The van der Waals surface area contributed by atoms with E-state index in [1.165, 1.54) is 26.5 Å². The molecule has 1 heterocycles. The zero-order valence-electron chi connectivity index (χ0n) is 12.6. The van der Waals surface area contributed by atoms with Crippen LogP contribution in [0.3, 0.4) is 0 Å². The number of carbonyl (C=O) groups excluding carboxylic acids is 1. The summed E-state index contributed by atoms with van der Waals surface area (Å²) in [5.41, 5.74) is 2.56. The summed E-state index contributed by atoms with van der Waals surface area (Å²) in [5, 5.41) is 3.42. The summed E-state index contributed by atoms with van der Waals surface area (Å²) >= 11 is 0. The molecule has 1 aromatic carbocycles. The van der Waals surface area contributed by atoms with E-state index in [0.717, 1.165) is 24.3 Å². The molecular formula is C16H24N2O2. The van der Waals surface area contributed by atoms with Gasteiger partial charge in [0.25, 0.3) is 0 Å². The summed E-state index contributed by atoms with van der Waals surface area (Å²) in [5.74, 6) is 0.359. The minimum absolute atomic E-state index is 0.281. The van der Waals surface area contributed by atoms with Gasteiger partial charge in [-0.05, 0) is 51.4 Å². The molecule has 4 heteroatoms. The van der Waals surface area contributed by atoms with Gasteiger partial charge in [-0.25, -0.2) is 4.79 Å². The van der Waals surface area contributed by atoms with Gasteiger partial charge in [0.15, 0.2) is 0 Å². The molecule has 0 amide bonds. The zero-order chi connectivity index (χ0) is 14.5. The van der Waals surface area contributed by atoms with Crippen molar-refractivity contribution >= 4 is 11.7 Å². The van der Waals surface area contributed by atoms with Crippen LogP contribution in [0.5, 0.6) is 0 Å². The predicted molar refractivity (Wildman–Crippen MR) is 81.2 cm³/mol. The molecule has 0 aliphatic carbocycles. The lowest BCUT2D eigenvalue weighted by molar-refractivity contribution is 0.0601. The number of esters is 1. The number of methoxy groups -OCH3 is 1. The summed E-state index contributed by atoms with van der Waals surface area (Å²) in [6.07, 6.45) is 2.50. The van der Waals surface area contributed by atoms with Crippen LogP contribution in [0.15, 0.2) is 18.2 Å². The van der Waals surface area contributed by atoms with Gasteiger partial charge in [0, 0.05) is 18.8 Å². The summed E-state index contributed by atoms with van der Waals surface area (Å²) in [4.78, 5) is 14.2. The van der Waals surface area contributed by atoms with Crippen molar-refractivity contribution in [1.82, 2.24) is 4.90 Å². The Morgan fingerprint density at radius 2 is 2.30 bits per heavy atom. The van der Waals surface area contributed by atoms with Gasteiger partial charge >= 0.3 is 5.97 Å². The number of ether oxygens (including phenoxy) is 1. The zero-order valence-corrected chi connectivity index (χ0v) is 12.6. The van der Waals surface area contributed by atoms with Crippen LogP contribution in [0.25, 0.3) is 0 Å². The molecule has 1 fully saturated rings. The fourth-order valence-electron chi connectivity index (χ4n) is 2.79. The highest BCUT2D eigenvalue weighted by Crippen LogP contribution is 2.21. The number of piperidine rings is 1. The highest BCUT2D eigenvalue weighted by atomic mass is 16.5. The molecule has 1 aliphatic rings. The third-order valence-electron chi connectivity index (χ3n) is 3.88. The second-order valence-electron chi connectivity index (χ2n) is 5.69. The maximum Gasteiger partial charge on any atom is 0.339 e. The Labute approximate surface area is 121 Å². The molecule has 1 atom stereocenters. The summed E-state index contributed by atoms with van der Waals surface area (Å²) in [6.45, 7) is 5.19. The predicted octanol–water partition coefficient (Wildman–Crippen LogP) is 2.54. The van der Waals surface area contributed by atoms with E-state index < -0.39 is 0 Å². The summed E-state index contributed by atoms with van der Waals surface area (Å²) < 4.78 is 4.85. The second-order valence-corrected chi connectivity index (χ2v) is 5.69. The number of nitrogens with one attached hydrogen (secondary N) is 1. The van der Waals surface area contributed by atoms with E-state index in [0.29, 0.717) is 11.5 Å². The van der Waals surface area contributed by atoms with Gasteiger partial charge in [-0.1, -0.05) is 11.6 Å². The Hall–Kier alpha value is -1.55. The first-order valence-corrected chi connectivity index (χ1v) is 7.21. The maximum absolute atomic E-state index is 11.8. The first-order valence-electron chi connectivity index (χ1n) is 7.21. The molecule has 0 radical (unpaired) electrons. The second kappa shape index (κ2) is 6.75. The van der Waals surface area contributed by atoms with Crippen molar-refractivity contribution in [1.29, 1.82) is 0 Å². The topological polar surface area (TPSA) is 41.6 Å². The number of hydrogen-bond acceptors (Lipinski definition) is 4. The van der Waals surface area contributed by atoms with Crippen LogP contribution in [0.1, 0.15) is 28.8 Å². The van der Waals surface area contributed by atoms with Crippen LogP contribution in [0, 0.1) is 12.8 Å². The van der Waals surface area contributed by atoms with Crippen LogP contribution in [-0.2, 0) is 4.74 Å². The third-order valence-corrected chi connectivity index (χ3v) is 3.88. The number of aryl methyl sites for hydroxylation is 1. The largest absolute Gasteiger partial charge is 0.465 e. The molecule has 1 aliphatic heterocycles. The molecule has 20 heavy (non-hydrogen) atoms. The van der Waals surface area contributed by atoms with E-state index >= 15 is 0 Å². The number of rotatable bonds is 4. The normalized spacial score (nSPS) is 19.6. The van der Waals surface area contributed by atoms with E-state index in [1.807, 2.05) is 25.1 Å². The molecule has 0 spiro atoms. The van der Waals surface area contributed by atoms with Gasteiger partial charge in [0.05, 0.1) is 12.7 Å². The molecule has 2 rings (SSSR count). The minimum Gasteiger partial charge on any atom is -0.465 e. The highest BCUT2D eigenvalue weighted by Gasteiger charge is 2.18. The number of likely N-dealkylation sites (tertiary alicyclic amines) is 1. The highest BCUT2D eigenvalue weighted by molar-refractivity contribution is 5.95. The molecule has 1 unspecified atom stereocenters. The van der Waals surface area contributed by atoms with Crippen molar-refractivity contribution in [3.8, 4) is 0 Å². The Morgan fingerprint density at radius 3 is 3.00 bits per heavy atom. The number of nitrogens with zero attached hydrogens (tertiary/aromatic N) is 1. The number of hydrogen-bond donors (Lipinski definition) is 1. The fraction of sp³-hybridized carbons (Fsp3) is 0.562. The quantitative estimate of drug-likeness (QED) is 0.858.